The maximum atomic E-state index is 12.6. The van der Waals surface area contributed by atoms with E-state index in [4.69, 9.17) is 4.74 Å². The number of anilines is 1. The summed E-state index contributed by atoms with van der Waals surface area (Å²) in [6, 6.07) is 3.90. The van der Waals surface area contributed by atoms with E-state index < -0.39 is 0 Å². The van der Waals surface area contributed by atoms with Gasteiger partial charge in [0.2, 0.25) is 11.8 Å². The second-order valence-corrected chi connectivity index (χ2v) is 7.50. The summed E-state index contributed by atoms with van der Waals surface area (Å²) >= 11 is 0. The van der Waals surface area contributed by atoms with Gasteiger partial charge in [0, 0.05) is 52.2 Å². The van der Waals surface area contributed by atoms with Gasteiger partial charge in [-0.2, -0.15) is 5.10 Å². The lowest BCUT2D eigenvalue weighted by atomic mass is 10.2. The Labute approximate surface area is 170 Å². The minimum absolute atomic E-state index is 0.0334. The molecule has 2 aliphatic rings. The highest BCUT2D eigenvalue weighted by molar-refractivity contribution is 5.98. The molecule has 29 heavy (non-hydrogen) atoms. The minimum atomic E-state index is 0.0334. The van der Waals surface area contributed by atoms with Crippen LogP contribution in [0.3, 0.4) is 0 Å². The first-order chi connectivity index (χ1) is 14.1. The van der Waals surface area contributed by atoms with Crippen LogP contribution in [0.25, 0.3) is 0 Å². The van der Waals surface area contributed by atoms with Gasteiger partial charge in [0.05, 0.1) is 18.5 Å². The molecular formula is C20H27N7O2. The summed E-state index contributed by atoms with van der Waals surface area (Å²) in [6.45, 7) is 2.92. The van der Waals surface area contributed by atoms with Crippen LogP contribution in [-0.2, 0) is 18.4 Å². The van der Waals surface area contributed by atoms with E-state index in [1.54, 1.807) is 22.8 Å². The SMILES string of the molecule is CN=C(NCc1ccc(OCC2CC2)nc1)N1CCN(c2cnn(C)c2)C(=O)C1. The largest absolute Gasteiger partial charge is 0.477 e. The summed E-state index contributed by atoms with van der Waals surface area (Å²) in [4.78, 5) is 25.0. The number of hydrogen-bond donors (Lipinski definition) is 1. The Bertz CT molecular complexity index is 873. The van der Waals surface area contributed by atoms with E-state index in [1.807, 2.05) is 36.5 Å². The number of nitrogens with zero attached hydrogens (tertiary/aromatic N) is 6. The molecule has 0 aromatic carbocycles. The molecule has 1 amide bonds. The molecule has 1 aliphatic carbocycles. The second-order valence-electron chi connectivity index (χ2n) is 7.50. The molecule has 0 bridgehead atoms. The van der Waals surface area contributed by atoms with Gasteiger partial charge < -0.3 is 19.9 Å². The van der Waals surface area contributed by atoms with Crippen molar-refractivity contribution >= 4 is 17.6 Å². The zero-order chi connectivity index (χ0) is 20.2. The fraction of sp³-hybridized carbons (Fsp3) is 0.500. The zero-order valence-electron chi connectivity index (χ0n) is 16.9. The molecule has 3 heterocycles. The highest BCUT2D eigenvalue weighted by Crippen LogP contribution is 2.29. The molecule has 2 aromatic heterocycles. The van der Waals surface area contributed by atoms with Gasteiger partial charge in [0.25, 0.3) is 0 Å². The highest BCUT2D eigenvalue weighted by atomic mass is 16.5. The third-order valence-corrected chi connectivity index (χ3v) is 5.15. The Morgan fingerprint density at radius 1 is 1.31 bits per heavy atom. The number of ether oxygens (including phenoxy) is 1. The Balaban J connectivity index is 1.28. The Hall–Kier alpha value is -3.10. The lowest BCUT2D eigenvalue weighted by Crippen LogP contribution is -2.55. The van der Waals surface area contributed by atoms with Gasteiger partial charge >= 0.3 is 0 Å². The number of nitrogens with one attached hydrogen (secondary N) is 1. The molecule has 0 spiro atoms. The molecule has 2 aromatic rings. The molecule has 1 N–H and O–H groups in total. The van der Waals surface area contributed by atoms with Crippen LogP contribution >= 0.6 is 0 Å². The molecule has 0 atom stereocenters. The maximum absolute atomic E-state index is 12.6. The lowest BCUT2D eigenvalue weighted by Gasteiger charge is -2.35. The first-order valence-corrected chi connectivity index (χ1v) is 9.94. The minimum Gasteiger partial charge on any atom is -0.477 e. The number of aliphatic imine (C=N–C) groups is 1. The van der Waals surface area contributed by atoms with Crippen LogP contribution < -0.4 is 15.0 Å². The van der Waals surface area contributed by atoms with Gasteiger partial charge in [-0.05, 0) is 24.3 Å². The molecule has 154 valence electrons. The molecule has 0 radical (unpaired) electrons. The Morgan fingerprint density at radius 2 is 2.17 bits per heavy atom. The Kier molecular flexibility index (Phi) is 5.64. The van der Waals surface area contributed by atoms with E-state index in [9.17, 15) is 4.79 Å². The van der Waals surface area contributed by atoms with Crippen LogP contribution in [-0.4, -0.2) is 64.8 Å². The number of hydrogen-bond acceptors (Lipinski definition) is 5. The number of pyridine rings is 1. The third kappa shape index (κ3) is 4.85. The van der Waals surface area contributed by atoms with Crippen molar-refractivity contribution in [3.63, 3.8) is 0 Å². The molecule has 0 unspecified atom stereocenters. The highest BCUT2D eigenvalue weighted by Gasteiger charge is 2.27. The quantitative estimate of drug-likeness (QED) is 0.579. The van der Waals surface area contributed by atoms with Crippen molar-refractivity contribution in [2.75, 3.05) is 38.2 Å². The predicted molar refractivity (Wildman–Crippen MR) is 110 cm³/mol. The van der Waals surface area contributed by atoms with Crippen molar-refractivity contribution in [3.8, 4) is 5.88 Å². The molecule has 4 rings (SSSR count). The van der Waals surface area contributed by atoms with Crippen molar-refractivity contribution in [3.05, 3.63) is 36.3 Å². The van der Waals surface area contributed by atoms with E-state index in [0.717, 1.165) is 17.9 Å². The van der Waals surface area contributed by atoms with Gasteiger partial charge in [-0.3, -0.25) is 14.5 Å². The van der Waals surface area contributed by atoms with E-state index in [-0.39, 0.29) is 12.5 Å². The molecular weight excluding hydrogens is 370 g/mol. The summed E-state index contributed by atoms with van der Waals surface area (Å²) in [7, 11) is 3.57. The average molecular weight is 397 g/mol. The van der Waals surface area contributed by atoms with E-state index in [2.05, 4.69) is 20.4 Å². The predicted octanol–water partition coefficient (Wildman–Crippen LogP) is 1.03. The van der Waals surface area contributed by atoms with Gasteiger partial charge in [0.15, 0.2) is 5.96 Å². The van der Waals surface area contributed by atoms with Crippen LogP contribution in [0.1, 0.15) is 18.4 Å². The number of carbonyl (C=O) groups is 1. The van der Waals surface area contributed by atoms with Crippen molar-refractivity contribution in [1.82, 2.24) is 25.0 Å². The van der Waals surface area contributed by atoms with E-state index >= 15 is 0 Å². The normalized spacial score (nSPS) is 17.6. The summed E-state index contributed by atoms with van der Waals surface area (Å²) in [6.07, 6.45) is 7.91. The van der Waals surface area contributed by atoms with Crippen LogP contribution in [0.4, 0.5) is 5.69 Å². The number of aryl methyl sites for hydroxylation is 1. The lowest BCUT2D eigenvalue weighted by molar-refractivity contribution is -0.120. The van der Waals surface area contributed by atoms with Gasteiger partial charge in [-0.15, -0.1) is 0 Å². The number of rotatable bonds is 6. The van der Waals surface area contributed by atoms with E-state index in [0.29, 0.717) is 37.4 Å². The maximum Gasteiger partial charge on any atom is 0.246 e. The van der Waals surface area contributed by atoms with E-state index in [1.165, 1.54) is 12.8 Å². The summed E-state index contributed by atoms with van der Waals surface area (Å²) in [5.74, 6) is 2.12. The molecule has 1 aliphatic heterocycles. The zero-order valence-corrected chi connectivity index (χ0v) is 16.9. The van der Waals surface area contributed by atoms with Crippen LogP contribution in [0, 0.1) is 5.92 Å². The Morgan fingerprint density at radius 3 is 2.79 bits per heavy atom. The number of guanidine groups is 1. The molecule has 1 saturated carbocycles. The van der Waals surface area contributed by atoms with Crippen LogP contribution in [0.2, 0.25) is 0 Å². The smallest absolute Gasteiger partial charge is 0.246 e. The summed E-state index contributed by atoms with van der Waals surface area (Å²) in [5, 5.41) is 7.47. The second kappa shape index (κ2) is 8.50. The summed E-state index contributed by atoms with van der Waals surface area (Å²) < 4.78 is 7.38. The molecule has 9 heteroatoms. The number of piperazine rings is 1. The molecule has 9 nitrogen and oxygen atoms in total. The first kappa shape index (κ1) is 19.2. The number of aromatic nitrogens is 3. The third-order valence-electron chi connectivity index (χ3n) is 5.15. The summed E-state index contributed by atoms with van der Waals surface area (Å²) in [5.41, 5.74) is 1.86. The van der Waals surface area contributed by atoms with Gasteiger partial charge in [-0.25, -0.2) is 4.98 Å². The standard InChI is InChI=1S/C20H27N7O2/c1-21-20(23-10-16-5-6-18(22-9-16)29-14-15-3-4-15)26-7-8-27(19(28)13-26)17-11-24-25(2)12-17/h5-6,9,11-12,15H,3-4,7-8,10,13-14H2,1-2H3,(H,21,23). The molecule has 2 fully saturated rings. The van der Waals surface area contributed by atoms with Crippen LogP contribution in [0.15, 0.2) is 35.7 Å². The topological polar surface area (TPSA) is 87.9 Å². The first-order valence-electron chi connectivity index (χ1n) is 9.94. The van der Waals surface area contributed by atoms with Crippen molar-refractivity contribution < 1.29 is 9.53 Å². The number of carbonyl (C=O) groups excluding carboxylic acids is 1. The van der Waals surface area contributed by atoms with Gasteiger partial charge in [-0.1, -0.05) is 6.07 Å². The fourth-order valence-electron chi connectivity index (χ4n) is 3.28. The average Bonchev–Trinajstić information content (AvgIpc) is 3.47. The van der Waals surface area contributed by atoms with Crippen molar-refractivity contribution in [1.29, 1.82) is 0 Å². The van der Waals surface area contributed by atoms with Crippen molar-refractivity contribution in [2.24, 2.45) is 18.0 Å². The van der Waals surface area contributed by atoms with Crippen LogP contribution in [0.5, 0.6) is 5.88 Å². The van der Waals surface area contributed by atoms with Gasteiger partial charge in [0.1, 0.15) is 6.54 Å². The number of amides is 1. The molecule has 1 saturated heterocycles. The van der Waals surface area contributed by atoms with Crippen molar-refractivity contribution in [2.45, 2.75) is 19.4 Å². The fourth-order valence-corrected chi connectivity index (χ4v) is 3.28. The monoisotopic (exact) mass is 397 g/mol.